The van der Waals surface area contributed by atoms with E-state index >= 15 is 0 Å². The highest BCUT2D eigenvalue weighted by molar-refractivity contribution is 5.73. The summed E-state index contributed by atoms with van der Waals surface area (Å²) in [5, 5.41) is 0. The minimum Gasteiger partial charge on any atom is -0.298 e. The van der Waals surface area contributed by atoms with Gasteiger partial charge in [0.2, 0.25) is 5.82 Å². The molecule has 0 aromatic carbocycles. The van der Waals surface area contributed by atoms with Crippen molar-refractivity contribution in [1.82, 2.24) is 9.97 Å². The number of nitrogens with zero attached hydrogens (tertiary/aromatic N) is 2. The Bertz CT molecular complexity index is 401. The van der Waals surface area contributed by atoms with Crippen molar-refractivity contribution in [2.24, 2.45) is 0 Å². The molecule has 1 heterocycles. The van der Waals surface area contributed by atoms with Gasteiger partial charge in [-0.05, 0) is 12.3 Å². The van der Waals surface area contributed by atoms with E-state index in [4.69, 9.17) is 0 Å². The zero-order valence-corrected chi connectivity index (χ0v) is 11.0. The molecule has 1 aromatic rings. The lowest BCUT2D eigenvalue weighted by molar-refractivity contribution is 0.112. The van der Waals surface area contributed by atoms with Crippen LogP contribution in [0.15, 0.2) is 12.4 Å². The van der Waals surface area contributed by atoms with Gasteiger partial charge in [-0.25, -0.2) is 9.97 Å². The highest BCUT2D eigenvalue weighted by atomic mass is 16.1. The summed E-state index contributed by atoms with van der Waals surface area (Å²) in [7, 11) is 0. The van der Waals surface area contributed by atoms with Gasteiger partial charge in [0.25, 0.3) is 0 Å². The van der Waals surface area contributed by atoms with Crippen molar-refractivity contribution in [1.29, 1.82) is 0 Å². The van der Waals surface area contributed by atoms with Crippen LogP contribution in [-0.2, 0) is 0 Å². The second-order valence-corrected chi connectivity index (χ2v) is 4.28. The first-order valence-corrected chi connectivity index (χ1v) is 6.63. The van der Waals surface area contributed by atoms with Crippen molar-refractivity contribution in [3.63, 3.8) is 0 Å². The molecule has 0 radical (unpaired) electrons. The van der Waals surface area contributed by atoms with Crippen LogP contribution in [0.25, 0.3) is 0 Å². The highest BCUT2D eigenvalue weighted by Gasteiger charge is 1.92. The molecule has 18 heavy (non-hydrogen) atoms. The second-order valence-electron chi connectivity index (χ2n) is 4.28. The number of carbonyl (C=O) groups is 1. The van der Waals surface area contributed by atoms with Crippen LogP contribution in [-0.4, -0.2) is 16.3 Å². The van der Waals surface area contributed by atoms with Crippen LogP contribution >= 0.6 is 0 Å². The van der Waals surface area contributed by atoms with Gasteiger partial charge in [0.05, 0.1) is 5.56 Å². The summed E-state index contributed by atoms with van der Waals surface area (Å²) in [6.07, 6.45) is 12.3. The first kappa shape index (κ1) is 14.4. The zero-order chi connectivity index (χ0) is 13.1. The Labute approximate surface area is 109 Å². The molecule has 0 N–H and O–H groups in total. The fourth-order valence-electron chi connectivity index (χ4n) is 1.60. The maximum Gasteiger partial charge on any atom is 0.204 e. The van der Waals surface area contributed by atoms with Gasteiger partial charge in [-0.15, -0.1) is 0 Å². The number of aldehydes is 1. The molecule has 0 unspecified atom stereocenters. The van der Waals surface area contributed by atoms with E-state index in [0.717, 1.165) is 19.1 Å². The molecule has 0 aliphatic carbocycles. The van der Waals surface area contributed by atoms with Crippen molar-refractivity contribution in [3.05, 3.63) is 23.8 Å². The van der Waals surface area contributed by atoms with E-state index in [1.54, 1.807) is 0 Å². The average molecular weight is 244 g/mol. The number of hydrogen-bond donors (Lipinski definition) is 0. The third-order valence-electron chi connectivity index (χ3n) is 2.66. The lowest BCUT2D eigenvalue weighted by Crippen LogP contribution is -1.90. The van der Waals surface area contributed by atoms with E-state index in [1.165, 1.54) is 44.5 Å². The molecule has 0 atom stereocenters. The van der Waals surface area contributed by atoms with Gasteiger partial charge in [-0.3, -0.25) is 4.79 Å². The molecule has 0 aliphatic heterocycles. The molecular weight excluding hydrogens is 224 g/mol. The molecule has 1 aromatic heterocycles. The highest BCUT2D eigenvalue weighted by Crippen LogP contribution is 2.06. The number of hydrogen-bond acceptors (Lipinski definition) is 3. The van der Waals surface area contributed by atoms with Crippen LogP contribution < -0.4 is 0 Å². The Morgan fingerprint density at radius 1 is 1.11 bits per heavy atom. The summed E-state index contributed by atoms with van der Waals surface area (Å²) in [5.74, 6) is 6.47. The Morgan fingerprint density at radius 2 is 1.78 bits per heavy atom. The molecule has 3 heteroatoms. The second kappa shape index (κ2) is 9.35. The van der Waals surface area contributed by atoms with E-state index in [1.807, 2.05) is 0 Å². The smallest absolute Gasteiger partial charge is 0.204 e. The van der Waals surface area contributed by atoms with Crippen LogP contribution in [0.1, 0.15) is 68.1 Å². The molecule has 0 bridgehead atoms. The lowest BCUT2D eigenvalue weighted by atomic mass is 10.1. The van der Waals surface area contributed by atoms with Crippen molar-refractivity contribution in [2.45, 2.75) is 51.9 Å². The Hall–Kier alpha value is -1.69. The summed E-state index contributed by atoms with van der Waals surface area (Å²) in [6.45, 7) is 2.22. The zero-order valence-electron chi connectivity index (χ0n) is 11.0. The molecule has 3 nitrogen and oxygen atoms in total. The summed E-state index contributed by atoms with van der Waals surface area (Å²) < 4.78 is 0. The fourth-order valence-corrected chi connectivity index (χ4v) is 1.60. The minimum atomic E-state index is 0.483. The minimum absolute atomic E-state index is 0.483. The number of unbranched alkanes of at least 4 members (excludes halogenated alkanes) is 6. The van der Waals surface area contributed by atoms with Gasteiger partial charge in [0.15, 0.2) is 6.29 Å². The van der Waals surface area contributed by atoms with Crippen LogP contribution in [0.5, 0.6) is 0 Å². The Kier molecular flexibility index (Phi) is 7.47. The summed E-state index contributed by atoms with van der Waals surface area (Å²) in [5.41, 5.74) is 0.483. The topological polar surface area (TPSA) is 42.9 Å². The largest absolute Gasteiger partial charge is 0.298 e. The molecule has 0 fully saturated rings. The van der Waals surface area contributed by atoms with Gasteiger partial charge in [-0.2, -0.15) is 0 Å². The molecule has 0 saturated heterocycles. The summed E-state index contributed by atoms with van der Waals surface area (Å²) in [4.78, 5) is 18.4. The van der Waals surface area contributed by atoms with E-state index in [9.17, 15) is 4.79 Å². The van der Waals surface area contributed by atoms with Crippen molar-refractivity contribution in [3.8, 4) is 11.8 Å². The SMILES string of the molecule is CCCCCCCCC#Cc1ncc(C=O)cn1. The van der Waals surface area contributed by atoms with Gasteiger partial charge >= 0.3 is 0 Å². The Morgan fingerprint density at radius 3 is 2.44 bits per heavy atom. The first-order chi connectivity index (χ1) is 8.86. The van der Waals surface area contributed by atoms with Gasteiger partial charge < -0.3 is 0 Å². The van der Waals surface area contributed by atoms with E-state index in [2.05, 4.69) is 28.7 Å². The maximum absolute atomic E-state index is 10.4. The number of aromatic nitrogens is 2. The molecule has 0 amide bonds. The van der Waals surface area contributed by atoms with E-state index < -0.39 is 0 Å². The van der Waals surface area contributed by atoms with Gasteiger partial charge in [0, 0.05) is 18.8 Å². The molecule has 0 aliphatic rings. The monoisotopic (exact) mass is 244 g/mol. The predicted molar refractivity (Wildman–Crippen MR) is 72.3 cm³/mol. The van der Waals surface area contributed by atoms with Crippen LogP contribution in [0, 0.1) is 11.8 Å². The van der Waals surface area contributed by atoms with Gasteiger partial charge in [0.1, 0.15) is 0 Å². The van der Waals surface area contributed by atoms with E-state index in [0.29, 0.717) is 11.4 Å². The predicted octanol–water partition coefficient (Wildman–Crippen LogP) is 3.39. The molecule has 0 saturated carbocycles. The first-order valence-electron chi connectivity index (χ1n) is 6.63. The van der Waals surface area contributed by atoms with Crippen molar-refractivity contribution in [2.75, 3.05) is 0 Å². The van der Waals surface area contributed by atoms with Crippen molar-refractivity contribution >= 4 is 6.29 Å². The Balaban J connectivity index is 2.18. The average Bonchev–Trinajstić information content (AvgIpc) is 2.42. The van der Waals surface area contributed by atoms with Crippen LogP contribution in [0.4, 0.5) is 0 Å². The molecular formula is C15H20N2O. The van der Waals surface area contributed by atoms with Crippen LogP contribution in [0.2, 0.25) is 0 Å². The summed E-state index contributed by atoms with van der Waals surface area (Å²) in [6, 6.07) is 0. The maximum atomic E-state index is 10.4. The van der Waals surface area contributed by atoms with Crippen molar-refractivity contribution < 1.29 is 4.79 Å². The van der Waals surface area contributed by atoms with Crippen LogP contribution in [0.3, 0.4) is 0 Å². The van der Waals surface area contributed by atoms with Gasteiger partial charge in [-0.1, -0.05) is 44.9 Å². The fraction of sp³-hybridized carbons (Fsp3) is 0.533. The van der Waals surface area contributed by atoms with E-state index in [-0.39, 0.29) is 0 Å². The third-order valence-corrected chi connectivity index (χ3v) is 2.66. The third kappa shape index (κ3) is 6.15. The molecule has 0 spiro atoms. The quantitative estimate of drug-likeness (QED) is 0.419. The number of rotatable bonds is 7. The normalized spacial score (nSPS) is 9.61. The number of carbonyl (C=O) groups excluding carboxylic acids is 1. The standard InChI is InChI=1S/C15H20N2O/c1-2-3-4-5-6-7-8-9-10-15-16-11-14(13-18)12-17-15/h11-13H,2-8H2,1H3. The molecule has 96 valence electrons. The lowest BCUT2D eigenvalue weighted by Gasteiger charge is -1.96. The summed E-state index contributed by atoms with van der Waals surface area (Å²) >= 11 is 0. The molecule has 1 rings (SSSR count).